The maximum absolute atomic E-state index is 12.9. The highest BCUT2D eigenvalue weighted by Gasteiger charge is 2.24. The van der Waals surface area contributed by atoms with Crippen LogP contribution in [0, 0.1) is 6.92 Å². The van der Waals surface area contributed by atoms with E-state index in [0.717, 1.165) is 5.56 Å². The fraction of sp³-hybridized carbons (Fsp3) is 0.381. The Morgan fingerprint density at radius 1 is 1.07 bits per heavy atom. The summed E-state index contributed by atoms with van der Waals surface area (Å²) in [5.74, 6) is 0. The summed E-state index contributed by atoms with van der Waals surface area (Å²) in [6, 6.07) is 14.3. The monoisotopic (exact) mass is 403 g/mol. The minimum Gasteiger partial charge on any atom is -0.321 e. The summed E-state index contributed by atoms with van der Waals surface area (Å²) in [5.41, 5.74) is 2.12. The van der Waals surface area contributed by atoms with Gasteiger partial charge in [0.2, 0.25) is 10.0 Å². The summed E-state index contributed by atoms with van der Waals surface area (Å²) in [7, 11) is -1.88. The number of nitrogens with zero attached hydrogens (tertiary/aromatic N) is 2. The molecule has 1 unspecified atom stereocenters. The van der Waals surface area contributed by atoms with Crippen LogP contribution in [0.1, 0.15) is 37.9 Å². The Balaban J connectivity index is 2.24. The molecule has 0 saturated carbocycles. The summed E-state index contributed by atoms with van der Waals surface area (Å²) >= 11 is 0. The molecule has 2 aromatic carbocycles. The average Bonchev–Trinajstić information content (AvgIpc) is 2.69. The van der Waals surface area contributed by atoms with Gasteiger partial charge in [0.1, 0.15) is 0 Å². The average molecular weight is 404 g/mol. The molecule has 6 nitrogen and oxygen atoms in total. The lowest BCUT2D eigenvalue weighted by Gasteiger charge is -2.26. The van der Waals surface area contributed by atoms with E-state index in [1.54, 1.807) is 31.0 Å². The predicted octanol–water partition coefficient (Wildman–Crippen LogP) is 4.25. The summed E-state index contributed by atoms with van der Waals surface area (Å²) in [6.07, 6.45) is 0. The molecule has 1 N–H and O–H groups in total. The lowest BCUT2D eigenvalue weighted by Crippen LogP contribution is -2.34. The molecule has 2 aromatic rings. The van der Waals surface area contributed by atoms with Crippen molar-refractivity contribution in [1.29, 1.82) is 0 Å². The molecule has 7 heteroatoms. The number of benzene rings is 2. The Hall–Kier alpha value is -2.38. The zero-order valence-electron chi connectivity index (χ0n) is 17.1. The lowest BCUT2D eigenvalue weighted by atomic mass is 10.1. The maximum atomic E-state index is 12.9. The van der Waals surface area contributed by atoms with Crippen molar-refractivity contribution in [3.05, 3.63) is 59.7 Å². The number of nitrogens with one attached hydrogen (secondary N) is 1. The Labute approximate surface area is 168 Å². The topological polar surface area (TPSA) is 69.7 Å². The van der Waals surface area contributed by atoms with Gasteiger partial charge in [-0.1, -0.05) is 50.2 Å². The first-order valence-corrected chi connectivity index (χ1v) is 10.9. The first-order chi connectivity index (χ1) is 13.2. The molecule has 2 amide bonds. The van der Waals surface area contributed by atoms with Crippen LogP contribution >= 0.6 is 0 Å². The van der Waals surface area contributed by atoms with Crippen molar-refractivity contribution in [2.24, 2.45) is 0 Å². The number of hydrogen-bond acceptors (Lipinski definition) is 3. The highest BCUT2D eigenvalue weighted by molar-refractivity contribution is 7.89. The van der Waals surface area contributed by atoms with E-state index in [2.05, 4.69) is 5.32 Å². The second-order valence-electron chi connectivity index (χ2n) is 6.70. The molecule has 0 aliphatic carbocycles. The fourth-order valence-electron chi connectivity index (χ4n) is 3.00. The third-order valence-electron chi connectivity index (χ3n) is 4.95. The molecule has 0 aromatic heterocycles. The Kier molecular flexibility index (Phi) is 7.21. The number of carbonyl (C=O) groups is 1. The van der Waals surface area contributed by atoms with Gasteiger partial charge >= 0.3 is 6.03 Å². The third kappa shape index (κ3) is 4.72. The first kappa shape index (κ1) is 21.9. The van der Waals surface area contributed by atoms with Crippen LogP contribution in [0.4, 0.5) is 10.5 Å². The van der Waals surface area contributed by atoms with Gasteiger partial charge in [-0.3, -0.25) is 0 Å². The van der Waals surface area contributed by atoms with Crippen LogP contribution < -0.4 is 5.32 Å². The second kappa shape index (κ2) is 9.21. The first-order valence-electron chi connectivity index (χ1n) is 9.41. The van der Waals surface area contributed by atoms with E-state index in [9.17, 15) is 13.2 Å². The van der Waals surface area contributed by atoms with Gasteiger partial charge in [0, 0.05) is 25.8 Å². The van der Waals surface area contributed by atoms with Gasteiger partial charge in [0.05, 0.1) is 10.9 Å². The van der Waals surface area contributed by atoms with Gasteiger partial charge in [-0.2, -0.15) is 4.31 Å². The van der Waals surface area contributed by atoms with Crippen LogP contribution in [0.3, 0.4) is 0 Å². The zero-order chi connectivity index (χ0) is 20.9. The Morgan fingerprint density at radius 2 is 1.68 bits per heavy atom. The Bertz CT molecular complexity index is 910. The molecule has 1 atom stereocenters. The van der Waals surface area contributed by atoms with Gasteiger partial charge in [0.25, 0.3) is 0 Å². The van der Waals surface area contributed by atoms with Crippen LogP contribution in [0.2, 0.25) is 0 Å². The van der Waals surface area contributed by atoms with Crippen molar-refractivity contribution < 1.29 is 13.2 Å². The number of hydrogen-bond donors (Lipinski definition) is 1. The van der Waals surface area contributed by atoms with Gasteiger partial charge in [-0.05, 0) is 37.1 Å². The quantitative estimate of drug-likeness (QED) is 0.751. The van der Waals surface area contributed by atoms with Crippen molar-refractivity contribution in [2.75, 3.05) is 25.5 Å². The molecule has 28 heavy (non-hydrogen) atoms. The number of carbonyl (C=O) groups excluding carboxylic acids is 1. The van der Waals surface area contributed by atoms with Crippen molar-refractivity contribution >= 4 is 21.7 Å². The summed E-state index contributed by atoms with van der Waals surface area (Å²) < 4.78 is 27.2. The summed E-state index contributed by atoms with van der Waals surface area (Å²) in [4.78, 5) is 14.5. The van der Waals surface area contributed by atoms with Crippen LogP contribution in [0.25, 0.3) is 0 Å². The predicted molar refractivity (Wildman–Crippen MR) is 113 cm³/mol. The summed E-state index contributed by atoms with van der Waals surface area (Å²) in [5, 5.41) is 2.81. The maximum Gasteiger partial charge on any atom is 0.322 e. The van der Waals surface area contributed by atoms with Gasteiger partial charge < -0.3 is 10.2 Å². The molecule has 0 saturated heterocycles. The molecule has 0 heterocycles. The molecule has 0 aliphatic heterocycles. The third-order valence-corrected chi connectivity index (χ3v) is 7.14. The molecule has 0 aliphatic rings. The normalized spacial score (nSPS) is 12.6. The lowest BCUT2D eigenvalue weighted by molar-refractivity contribution is 0.208. The number of aryl methyl sites for hydroxylation is 1. The number of rotatable bonds is 7. The molecule has 0 bridgehead atoms. The van der Waals surface area contributed by atoms with Gasteiger partial charge in [-0.25, -0.2) is 13.2 Å². The van der Waals surface area contributed by atoms with Crippen molar-refractivity contribution in [3.8, 4) is 0 Å². The second-order valence-corrected chi connectivity index (χ2v) is 8.60. The van der Waals surface area contributed by atoms with E-state index in [4.69, 9.17) is 0 Å². The van der Waals surface area contributed by atoms with E-state index in [1.165, 1.54) is 10.4 Å². The molecule has 152 valence electrons. The highest BCUT2D eigenvalue weighted by atomic mass is 32.2. The Morgan fingerprint density at radius 3 is 2.25 bits per heavy atom. The van der Waals surface area contributed by atoms with E-state index < -0.39 is 10.0 Å². The molecule has 0 radical (unpaired) electrons. The number of sulfonamides is 1. The van der Waals surface area contributed by atoms with Crippen LogP contribution in [-0.4, -0.2) is 43.8 Å². The molecule has 0 spiro atoms. The SMILES string of the molecule is CCN(CC)S(=O)(=O)c1cc(NC(=O)N(C)C(C)c2ccccc2)ccc1C. The van der Waals surface area contributed by atoms with Crippen molar-refractivity contribution in [2.45, 2.75) is 38.6 Å². The van der Waals surface area contributed by atoms with E-state index >= 15 is 0 Å². The van der Waals surface area contributed by atoms with Crippen LogP contribution in [-0.2, 0) is 10.0 Å². The molecule has 0 fully saturated rings. The number of urea groups is 1. The molecule has 2 rings (SSSR count). The van der Waals surface area contributed by atoms with E-state index in [-0.39, 0.29) is 17.0 Å². The minimum atomic E-state index is -3.60. The standard InChI is InChI=1S/C21H29N3O3S/c1-6-24(7-2)28(26,27)20-15-19(14-13-16(20)3)22-21(25)23(5)17(4)18-11-9-8-10-12-18/h8-15,17H,6-7H2,1-5H3,(H,22,25). The smallest absolute Gasteiger partial charge is 0.321 e. The highest BCUT2D eigenvalue weighted by Crippen LogP contribution is 2.25. The largest absolute Gasteiger partial charge is 0.322 e. The van der Waals surface area contributed by atoms with Gasteiger partial charge in [0.15, 0.2) is 0 Å². The van der Waals surface area contributed by atoms with E-state index in [1.807, 2.05) is 51.1 Å². The molecular formula is C21H29N3O3S. The van der Waals surface area contributed by atoms with E-state index in [0.29, 0.717) is 24.3 Å². The van der Waals surface area contributed by atoms with Crippen molar-refractivity contribution in [1.82, 2.24) is 9.21 Å². The zero-order valence-corrected chi connectivity index (χ0v) is 18.0. The minimum absolute atomic E-state index is 0.120. The molecular weight excluding hydrogens is 374 g/mol. The number of amides is 2. The van der Waals surface area contributed by atoms with Crippen LogP contribution in [0.15, 0.2) is 53.4 Å². The number of anilines is 1. The fourth-order valence-corrected chi connectivity index (χ4v) is 4.71. The van der Waals surface area contributed by atoms with Crippen LogP contribution in [0.5, 0.6) is 0 Å². The summed E-state index contributed by atoms with van der Waals surface area (Å²) in [6.45, 7) is 8.11. The van der Waals surface area contributed by atoms with Crippen molar-refractivity contribution in [3.63, 3.8) is 0 Å². The van der Waals surface area contributed by atoms with Gasteiger partial charge in [-0.15, -0.1) is 0 Å².